The summed E-state index contributed by atoms with van der Waals surface area (Å²) in [7, 11) is 2.78. The molecule has 0 saturated heterocycles. The van der Waals surface area contributed by atoms with Gasteiger partial charge in [0, 0.05) is 24.1 Å². The van der Waals surface area contributed by atoms with Crippen LogP contribution >= 0.6 is 0 Å². The lowest BCUT2D eigenvalue weighted by molar-refractivity contribution is -0.151. The first kappa shape index (κ1) is 21.8. The third-order valence-electron chi connectivity index (χ3n) is 5.53. The Bertz CT molecular complexity index is 924. The zero-order chi connectivity index (χ0) is 22.0. The van der Waals surface area contributed by atoms with Gasteiger partial charge >= 0.3 is 11.9 Å². The highest BCUT2D eigenvalue weighted by atomic mass is 16.6. The summed E-state index contributed by atoms with van der Waals surface area (Å²) in [5, 5.41) is 3.20. The fraction of sp³-hybridized carbons (Fsp3) is 0.500. The highest BCUT2D eigenvalue weighted by molar-refractivity contribution is 6.12. The molecule has 1 aromatic rings. The number of dihydropyridines is 1. The third-order valence-corrected chi connectivity index (χ3v) is 5.53. The predicted octanol–water partition coefficient (Wildman–Crippen LogP) is 2.39. The van der Waals surface area contributed by atoms with Crippen molar-refractivity contribution in [3.8, 4) is 0 Å². The van der Waals surface area contributed by atoms with E-state index in [0.29, 0.717) is 34.9 Å². The van der Waals surface area contributed by atoms with Crippen LogP contribution in [0.25, 0.3) is 0 Å². The third kappa shape index (κ3) is 3.92. The molecule has 0 bridgehead atoms. The molecule has 8 nitrogen and oxygen atoms in total. The summed E-state index contributed by atoms with van der Waals surface area (Å²) in [4.78, 5) is 38.7. The van der Waals surface area contributed by atoms with Crippen molar-refractivity contribution < 1.29 is 33.0 Å². The summed E-state index contributed by atoms with van der Waals surface area (Å²) in [6.07, 6.45) is 0.473. The summed E-state index contributed by atoms with van der Waals surface area (Å²) in [6.45, 7) is 5.73. The number of hydrogen-bond donors (Lipinski definition) is 1. The molecule has 0 radical (unpaired) electrons. The molecule has 30 heavy (non-hydrogen) atoms. The van der Waals surface area contributed by atoms with E-state index in [2.05, 4.69) is 5.32 Å². The first-order valence-electron chi connectivity index (χ1n) is 9.85. The molecule has 1 N–H and O–H groups in total. The molecule has 1 aromatic heterocycles. The van der Waals surface area contributed by atoms with E-state index >= 15 is 0 Å². The van der Waals surface area contributed by atoms with E-state index < -0.39 is 23.8 Å². The van der Waals surface area contributed by atoms with Crippen LogP contribution in [-0.2, 0) is 28.6 Å². The molecule has 0 spiro atoms. The maximum atomic E-state index is 13.5. The van der Waals surface area contributed by atoms with Crippen LogP contribution in [0.15, 0.2) is 39.1 Å². The summed E-state index contributed by atoms with van der Waals surface area (Å²) in [5.41, 5.74) is 1.91. The maximum Gasteiger partial charge on any atom is 0.336 e. The van der Waals surface area contributed by atoms with Gasteiger partial charge in [-0.15, -0.1) is 0 Å². The van der Waals surface area contributed by atoms with Gasteiger partial charge in [0.2, 0.25) is 0 Å². The molecule has 0 fully saturated rings. The monoisotopic (exact) mass is 417 g/mol. The van der Waals surface area contributed by atoms with Crippen LogP contribution in [0.5, 0.6) is 0 Å². The van der Waals surface area contributed by atoms with Crippen LogP contribution in [0, 0.1) is 18.8 Å². The van der Waals surface area contributed by atoms with E-state index in [-0.39, 0.29) is 30.5 Å². The SMILES string of the molecule is COCCOC(=O)C1=C(C)NC2=C(C(=O)[C@@H](C(=O)OC)[C@@H](C)C2)[C@H]1c1ccc(C)o1. The highest BCUT2D eigenvalue weighted by Gasteiger charge is 2.48. The van der Waals surface area contributed by atoms with Gasteiger partial charge in [0.1, 0.15) is 24.0 Å². The quantitative estimate of drug-likeness (QED) is 0.427. The van der Waals surface area contributed by atoms with Crippen molar-refractivity contribution in [1.29, 1.82) is 0 Å². The number of allylic oxidation sites excluding steroid dienone is 3. The summed E-state index contributed by atoms with van der Waals surface area (Å²) >= 11 is 0. The molecule has 0 saturated carbocycles. The van der Waals surface area contributed by atoms with E-state index in [1.807, 2.05) is 6.92 Å². The Morgan fingerprint density at radius 3 is 2.53 bits per heavy atom. The van der Waals surface area contributed by atoms with E-state index in [0.717, 1.165) is 0 Å². The first-order chi connectivity index (χ1) is 14.3. The van der Waals surface area contributed by atoms with E-state index in [1.165, 1.54) is 14.2 Å². The minimum Gasteiger partial charge on any atom is -0.468 e. The van der Waals surface area contributed by atoms with Crippen molar-refractivity contribution in [3.63, 3.8) is 0 Å². The molecule has 8 heteroatoms. The molecule has 2 heterocycles. The molecule has 3 rings (SSSR count). The van der Waals surface area contributed by atoms with Crippen LogP contribution < -0.4 is 5.32 Å². The minimum absolute atomic E-state index is 0.0810. The standard InChI is InChI=1S/C22H27NO7/c1-11-10-14-18(20(24)16(11)21(25)28-5)19(15-7-6-12(2)30-15)17(13(3)23-14)22(26)29-9-8-27-4/h6-7,11,16,19,23H,8-10H2,1-5H3/t11-,16-,19-/m0/s1. The fourth-order valence-electron chi connectivity index (χ4n) is 4.14. The Kier molecular flexibility index (Phi) is 6.45. The highest BCUT2D eigenvalue weighted by Crippen LogP contribution is 2.45. The second kappa shape index (κ2) is 8.87. The fourth-order valence-corrected chi connectivity index (χ4v) is 4.14. The average molecular weight is 417 g/mol. The van der Waals surface area contributed by atoms with E-state index in [1.54, 1.807) is 26.0 Å². The van der Waals surface area contributed by atoms with Crippen LogP contribution in [-0.4, -0.2) is 45.2 Å². The summed E-state index contributed by atoms with van der Waals surface area (Å²) in [6, 6.07) is 3.51. The van der Waals surface area contributed by atoms with E-state index in [9.17, 15) is 14.4 Å². The van der Waals surface area contributed by atoms with Crippen molar-refractivity contribution >= 4 is 17.7 Å². The largest absolute Gasteiger partial charge is 0.468 e. The van der Waals surface area contributed by atoms with Crippen molar-refractivity contribution in [1.82, 2.24) is 5.32 Å². The Hall–Kier alpha value is -2.87. The molecule has 1 aliphatic heterocycles. The number of carbonyl (C=O) groups excluding carboxylic acids is 3. The zero-order valence-corrected chi connectivity index (χ0v) is 17.9. The average Bonchev–Trinajstić information content (AvgIpc) is 3.12. The topological polar surface area (TPSA) is 104 Å². The van der Waals surface area contributed by atoms with Crippen molar-refractivity contribution in [2.24, 2.45) is 11.8 Å². The second-order valence-corrected chi connectivity index (χ2v) is 7.61. The maximum absolute atomic E-state index is 13.5. The van der Waals surface area contributed by atoms with Gasteiger partial charge in [0.05, 0.1) is 25.2 Å². The molecule has 0 aromatic carbocycles. The first-order valence-corrected chi connectivity index (χ1v) is 9.85. The number of rotatable bonds is 6. The van der Waals surface area contributed by atoms with Crippen LogP contribution in [0.1, 0.15) is 37.7 Å². The van der Waals surface area contributed by atoms with Gasteiger partial charge in [-0.05, 0) is 38.3 Å². The lowest BCUT2D eigenvalue weighted by Crippen LogP contribution is -2.43. The Morgan fingerprint density at radius 2 is 1.93 bits per heavy atom. The van der Waals surface area contributed by atoms with Gasteiger partial charge in [-0.1, -0.05) is 6.92 Å². The van der Waals surface area contributed by atoms with Gasteiger partial charge in [-0.2, -0.15) is 0 Å². The number of ketones is 1. The van der Waals surface area contributed by atoms with Crippen molar-refractivity contribution in [2.75, 3.05) is 27.4 Å². The van der Waals surface area contributed by atoms with Crippen LogP contribution in [0.2, 0.25) is 0 Å². The second-order valence-electron chi connectivity index (χ2n) is 7.61. The lowest BCUT2D eigenvalue weighted by Gasteiger charge is -2.37. The molecule has 3 atom stereocenters. The minimum atomic E-state index is -0.932. The number of carbonyl (C=O) groups is 3. The predicted molar refractivity (Wildman–Crippen MR) is 106 cm³/mol. The summed E-state index contributed by atoms with van der Waals surface area (Å²) < 4.78 is 21.0. The Balaban J connectivity index is 2.08. The van der Waals surface area contributed by atoms with Crippen LogP contribution in [0.3, 0.4) is 0 Å². The number of hydrogen-bond acceptors (Lipinski definition) is 8. The smallest absolute Gasteiger partial charge is 0.336 e. The number of esters is 2. The molecule has 1 aliphatic carbocycles. The molecule has 162 valence electrons. The number of Topliss-reactive ketones (excluding diaryl/α,β-unsaturated/α-hetero) is 1. The van der Waals surface area contributed by atoms with Gasteiger partial charge in [0.15, 0.2) is 5.78 Å². The van der Waals surface area contributed by atoms with Gasteiger partial charge < -0.3 is 23.9 Å². The zero-order valence-electron chi connectivity index (χ0n) is 17.9. The summed E-state index contributed by atoms with van der Waals surface area (Å²) in [5.74, 6) is -2.35. The van der Waals surface area contributed by atoms with Crippen molar-refractivity contribution in [3.05, 3.63) is 46.2 Å². The van der Waals surface area contributed by atoms with Crippen LogP contribution in [0.4, 0.5) is 0 Å². The number of aryl methyl sites for hydroxylation is 1. The molecule has 2 aliphatic rings. The van der Waals surface area contributed by atoms with Gasteiger partial charge in [0.25, 0.3) is 0 Å². The lowest BCUT2D eigenvalue weighted by atomic mass is 9.70. The molecule has 0 amide bonds. The number of ether oxygens (including phenoxy) is 3. The number of nitrogens with one attached hydrogen (secondary N) is 1. The Labute approximate surface area is 175 Å². The molecular formula is C22H27NO7. The van der Waals surface area contributed by atoms with Gasteiger partial charge in [-0.3, -0.25) is 9.59 Å². The van der Waals surface area contributed by atoms with Crippen molar-refractivity contribution in [2.45, 2.75) is 33.1 Å². The molecule has 0 unspecified atom stereocenters. The van der Waals surface area contributed by atoms with Gasteiger partial charge in [-0.25, -0.2) is 4.79 Å². The number of furan rings is 1. The Morgan fingerprint density at radius 1 is 1.20 bits per heavy atom. The normalized spacial score (nSPS) is 23.8. The van der Waals surface area contributed by atoms with E-state index in [4.69, 9.17) is 18.6 Å². The number of methoxy groups -OCH3 is 2. The molecular weight excluding hydrogens is 390 g/mol.